The van der Waals surface area contributed by atoms with E-state index >= 15 is 0 Å². The highest BCUT2D eigenvalue weighted by molar-refractivity contribution is 7.80. The van der Waals surface area contributed by atoms with Gasteiger partial charge >= 0.3 is 35.1 Å². The number of anilines is 1. The molecule has 9 N–H and O–H groups in total. The third kappa shape index (κ3) is 9.82. The van der Waals surface area contributed by atoms with E-state index in [1.54, 1.807) is 0 Å². The molecule has 3 heterocycles. The van der Waals surface area contributed by atoms with Crippen molar-refractivity contribution in [2.75, 3.05) is 11.9 Å². The zero-order chi connectivity index (χ0) is 41.6. The molecular formula is C31H29N4O18P3S. The minimum atomic E-state index is -5.85. The number of hydrogen-bond donors (Lipinski definition) is 9. The lowest BCUT2D eigenvalue weighted by Crippen LogP contribution is -2.44. The molecule has 1 saturated heterocycles. The number of hydrogen-bond acceptors (Lipinski definition) is 14. The smallest absolute Gasteiger partial charge is 0.490 e. The van der Waals surface area contributed by atoms with Crippen molar-refractivity contribution in [2.45, 2.75) is 31.7 Å². The number of aromatic hydroxyl groups is 1. The average Bonchev–Trinajstić information content (AvgIpc) is 3.48. The molecule has 1 aromatic heterocycles. The van der Waals surface area contributed by atoms with E-state index in [4.69, 9.17) is 35.7 Å². The summed E-state index contributed by atoms with van der Waals surface area (Å²) in [6.45, 7) is 0.472. The van der Waals surface area contributed by atoms with Gasteiger partial charge in [-0.05, 0) is 61.1 Å². The standard InChI is InChI=1S/C31H29N4O18P3S/c1-14-12-35(31(41)34-28(14)38)26-11-22(25(51-26)13-49-55(45,46)53-56(47,48)52-54(42,43)44)33-30(57)32-15-2-5-18(21(8-15)29(39)40)27-19-6-3-16(36)9-23(19)50-24-10-17(37)4-7-20(24)27/h2-10,12,22,25-26,36H,11,13H2,1H3,(H,39,40)(H,45,46)(H,47,48)(H2,32,33,57)(H,34,38,41)(H2,42,43,44)/t22-,25+,26+/m0/s1. The summed E-state index contributed by atoms with van der Waals surface area (Å²) in [4.78, 5) is 88.7. The molecule has 0 spiro atoms. The van der Waals surface area contributed by atoms with Gasteiger partial charge in [0.05, 0.1) is 18.2 Å². The van der Waals surface area contributed by atoms with Crippen LogP contribution in [0.3, 0.4) is 0 Å². The summed E-state index contributed by atoms with van der Waals surface area (Å²) in [6, 6.07) is 11.4. The monoisotopic (exact) mass is 870 g/mol. The summed E-state index contributed by atoms with van der Waals surface area (Å²) in [5.74, 6) is -1.35. The molecule has 0 saturated carbocycles. The molecule has 0 bridgehead atoms. The molecule has 2 unspecified atom stereocenters. The van der Waals surface area contributed by atoms with Gasteiger partial charge in [0, 0.05) is 52.5 Å². The molecule has 22 nitrogen and oxygen atoms in total. The fourth-order valence-electron chi connectivity index (χ4n) is 5.98. The van der Waals surface area contributed by atoms with Crippen LogP contribution in [0.1, 0.15) is 28.6 Å². The minimum absolute atomic E-state index is 0.119. The van der Waals surface area contributed by atoms with Gasteiger partial charge in [-0.1, -0.05) is 6.07 Å². The first-order valence-electron chi connectivity index (χ1n) is 16.0. The highest BCUT2D eigenvalue weighted by atomic mass is 32.1. The summed E-state index contributed by atoms with van der Waals surface area (Å²) in [5.41, 5.74) is -0.711. The van der Waals surface area contributed by atoms with Crippen molar-refractivity contribution >= 4 is 63.4 Å². The molecule has 0 radical (unpaired) electrons. The fraction of sp³-hybridized carbons (Fsp3) is 0.194. The van der Waals surface area contributed by atoms with E-state index < -0.39 is 65.7 Å². The first-order chi connectivity index (χ1) is 26.6. The Morgan fingerprint density at radius 1 is 0.982 bits per heavy atom. The number of aromatic amines is 1. The van der Waals surface area contributed by atoms with Gasteiger partial charge in [-0.3, -0.25) is 23.7 Å². The van der Waals surface area contributed by atoms with Gasteiger partial charge in [0.1, 0.15) is 29.4 Å². The van der Waals surface area contributed by atoms with Gasteiger partial charge in [-0.2, -0.15) is 8.62 Å². The van der Waals surface area contributed by atoms with E-state index in [9.17, 15) is 52.9 Å². The number of nitrogens with one attached hydrogen (secondary N) is 3. The van der Waals surface area contributed by atoms with Crippen molar-refractivity contribution in [1.29, 1.82) is 0 Å². The zero-order valence-corrected chi connectivity index (χ0v) is 32.2. The number of aryl methyl sites for hydroxylation is 1. The SMILES string of the molecule is Cc1cn([C@H]2C[C@H](NC(=S)Nc3ccc(-c4c5ccc(=O)cc-5oc5cc(O)ccc45)c(C(=O)O)c3)[C@@H](COP(=O)(O)OP(=O)(O)OP(=O)(O)O)O2)c(=O)[nH]c1=O. The van der Waals surface area contributed by atoms with E-state index in [2.05, 4.69) is 24.2 Å². The van der Waals surface area contributed by atoms with E-state index in [1.165, 1.54) is 67.7 Å². The number of carbonyl (C=O) groups is 1. The molecule has 2 aliphatic heterocycles. The molecule has 1 aliphatic carbocycles. The summed E-state index contributed by atoms with van der Waals surface area (Å²) < 4.78 is 60.3. The summed E-state index contributed by atoms with van der Waals surface area (Å²) in [7, 11) is -17.1. The number of nitrogens with zero attached hydrogens (tertiary/aromatic N) is 1. The van der Waals surface area contributed by atoms with Gasteiger partial charge < -0.3 is 49.6 Å². The number of benzene rings is 3. The van der Waals surface area contributed by atoms with Crippen LogP contribution in [0.2, 0.25) is 0 Å². The van der Waals surface area contributed by atoms with Crippen molar-refractivity contribution in [3.05, 3.63) is 103 Å². The lowest BCUT2D eigenvalue weighted by Gasteiger charge is -2.23. The predicted octanol–water partition coefficient (Wildman–Crippen LogP) is 3.11. The quantitative estimate of drug-likeness (QED) is 0.0494. The molecule has 1 fully saturated rings. The number of carboxylic acids is 1. The Kier molecular flexibility index (Phi) is 11.6. The molecule has 3 aliphatic rings. The molecule has 2 aromatic carbocycles. The second kappa shape index (κ2) is 15.8. The molecule has 302 valence electrons. The van der Waals surface area contributed by atoms with Gasteiger partial charge in [-0.25, -0.2) is 23.3 Å². The van der Waals surface area contributed by atoms with Gasteiger partial charge in [0.15, 0.2) is 10.5 Å². The maximum Gasteiger partial charge on any atom is 0.490 e. The van der Waals surface area contributed by atoms with Crippen molar-refractivity contribution in [1.82, 2.24) is 14.9 Å². The van der Waals surface area contributed by atoms with E-state index in [-0.39, 0.29) is 56.4 Å². The Bertz CT molecular complexity index is 2730. The van der Waals surface area contributed by atoms with Crippen LogP contribution >= 0.6 is 35.7 Å². The number of phosphoric acid groups is 3. The Labute approximate surface area is 323 Å². The summed E-state index contributed by atoms with van der Waals surface area (Å²) in [5, 5.41) is 26.3. The highest BCUT2D eigenvalue weighted by Crippen LogP contribution is 2.66. The van der Waals surface area contributed by atoms with Crippen molar-refractivity contribution < 1.29 is 70.6 Å². The van der Waals surface area contributed by atoms with Crippen LogP contribution in [0, 0.1) is 6.92 Å². The first kappa shape index (κ1) is 41.8. The van der Waals surface area contributed by atoms with Gasteiger partial charge in [0.25, 0.3) is 5.56 Å². The minimum Gasteiger partial charge on any atom is -0.508 e. The fourth-order valence-corrected chi connectivity index (χ4v) is 9.28. The summed E-state index contributed by atoms with van der Waals surface area (Å²) in [6.07, 6.45) is -1.47. The number of aromatic carboxylic acids is 1. The largest absolute Gasteiger partial charge is 0.508 e. The van der Waals surface area contributed by atoms with Crippen molar-refractivity contribution in [3.8, 4) is 28.2 Å². The molecule has 26 heteroatoms. The number of fused-ring (bicyclic) bond motifs is 2. The topological polar surface area (TPSA) is 336 Å². The van der Waals surface area contributed by atoms with E-state index in [1.807, 2.05) is 0 Å². The number of phenolic OH excluding ortho intramolecular Hbond substituents is 1. The second-order valence-corrected chi connectivity index (χ2v) is 17.1. The molecule has 57 heavy (non-hydrogen) atoms. The second-order valence-electron chi connectivity index (χ2n) is 12.3. The lowest BCUT2D eigenvalue weighted by molar-refractivity contribution is -0.0277. The average molecular weight is 871 g/mol. The number of phenols is 1. The first-order valence-corrected chi connectivity index (χ1v) is 20.9. The Balaban J connectivity index is 1.27. The van der Waals surface area contributed by atoms with Crippen LogP contribution in [-0.4, -0.2) is 69.2 Å². The number of ether oxygens (including phenoxy) is 1. The number of rotatable bonds is 12. The number of thiocarbonyl (C=S) groups is 1. The molecule has 6 rings (SSSR count). The number of phosphoric ester groups is 1. The van der Waals surface area contributed by atoms with Gasteiger partial charge in [0.2, 0.25) is 0 Å². The van der Waals surface area contributed by atoms with Crippen LogP contribution in [0.4, 0.5) is 5.69 Å². The zero-order valence-electron chi connectivity index (χ0n) is 28.7. The Hall–Kier alpha value is -4.86. The van der Waals surface area contributed by atoms with E-state index in [0.29, 0.717) is 16.5 Å². The van der Waals surface area contributed by atoms with Crippen LogP contribution in [0.15, 0.2) is 79.6 Å². The lowest BCUT2D eigenvalue weighted by atomic mass is 9.90. The molecular weight excluding hydrogens is 841 g/mol. The molecule has 5 atom stereocenters. The summed E-state index contributed by atoms with van der Waals surface area (Å²) >= 11 is 5.47. The maximum atomic E-state index is 12.7. The van der Waals surface area contributed by atoms with Crippen LogP contribution in [0.25, 0.3) is 33.4 Å². The van der Waals surface area contributed by atoms with Crippen molar-refractivity contribution in [2.24, 2.45) is 0 Å². The Morgan fingerprint density at radius 2 is 1.70 bits per heavy atom. The van der Waals surface area contributed by atoms with Crippen LogP contribution < -0.4 is 27.3 Å². The Morgan fingerprint density at radius 3 is 2.40 bits per heavy atom. The third-order valence-electron chi connectivity index (χ3n) is 8.28. The number of H-pyrrole nitrogens is 1. The predicted molar refractivity (Wildman–Crippen MR) is 201 cm³/mol. The normalized spacial score (nSPS) is 19.2. The number of carboxylic acid groups (broad SMARTS) is 1. The maximum absolute atomic E-state index is 12.7. The molecule has 3 aromatic rings. The number of aromatic nitrogens is 2. The van der Waals surface area contributed by atoms with Crippen molar-refractivity contribution in [3.63, 3.8) is 0 Å². The highest BCUT2D eigenvalue weighted by Gasteiger charge is 2.43. The third-order valence-corrected chi connectivity index (χ3v) is 12.3. The van der Waals surface area contributed by atoms with E-state index in [0.717, 1.165) is 4.57 Å². The van der Waals surface area contributed by atoms with Crippen LogP contribution in [0.5, 0.6) is 5.75 Å². The molecule has 0 amide bonds. The van der Waals surface area contributed by atoms with Crippen LogP contribution in [-0.2, 0) is 31.6 Å². The van der Waals surface area contributed by atoms with Gasteiger partial charge in [-0.15, -0.1) is 0 Å².